The zero-order chi connectivity index (χ0) is 21.9. The minimum Gasteiger partial charge on any atom is -0.311 e. The Balaban J connectivity index is 5.26. The average molecular weight is 528 g/mol. The van der Waals surface area contributed by atoms with Gasteiger partial charge in [0.15, 0.2) is 0 Å². The molecule has 0 bridgehead atoms. The molecule has 0 heterocycles. The van der Waals surface area contributed by atoms with Crippen LogP contribution < -0.4 is 10.5 Å². The molecule has 0 amide bonds. The number of hydrogen-bond donors (Lipinski definition) is 10. The molecule has 0 spiro atoms. The van der Waals surface area contributed by atoms with Crippen LogP contribution in [0.5, 0.6) is 0 Å². The van der Waals surface area contributed by atoms with Crippen molar-refractivity contribution < 1.29 is 88.7 Å². The van der Waals surface area contributed by atoms with Crippen molar-refractivity contribution in [2.24, 2.45) is 0 Å². The predicted molar refractivity (Wildman–Crippen MR) is 74.2 cm³/mol. The second-order valence-electron chi connectivity index (χ2n) is 3.52. The number of rotatable bonds is 12. The normalized spacial score (nSPS) is 25.8. The van der Waals surface area contributed by atoms with Crippen LogP contribution in [0.3, 0.4) is 0 Å². The van der Waals surface area contributed by atoms with E-state index in [0.717, 1.165) is 0 Å². The van der Waals surface area contributed by atoms with Crippen molar-refractivity contribution in [1.29, 1.82) is 0 Å². The Morgan fingerprint density at radius 3 is 0.815 bits per heavy atom. The number of hydrogen-bond acceptors (Lipinski definition) is 13. The fourth-order valence-corrected chi connectivity index (χ4v) is 7.98. The Bertz CT molecular complexity index is 741. The Labute approximate surface area is 147 Å². The molecule has 0 aromatic carbocycles. The molecular formula is H10N2O19P6. The molecular weight excluding hydrogens is 518 g/mol. The monoisotopic (exact) mass is 528 g/mol. The summed E-state index contributed by atoms with van der Waals surface area (Å²) in [6, 6.07) is 0. The van der Waals surface area contributed by atoms with Crippen molar-refractivity contribution >= 4 is 46.8 Å². The van der Waals surface area contributed by atoms with Gasteiger partial charge in [-0.1, -0.05) is 0 Å². The van der Waals surface area contributed by atoms with E-state index in [-0.39, 0.29) is 0 Å². The van der Waals surface area contributed by atoms with E-state index < -0.39 is 46.8 Å². The summed E-state index contributed by atoms with van der Waals surface area (Å²) >= 11 is 0. The van der Waals surface area contributed by atoms with Crippen LogP contribution in [-0.4, -0.2) is 39.8 Å². The van der Waals surface area contributed by atoms with Crippen LogP contribution in [0.25, 0.3) is 0 Å². The van der Waals surface area contributed by atoms with Crippen LogP contribution in [0.2, 0.25) is 0 Å². The van der Waals surface area contributed by atoms with Gasteiger partial charge in [0.2, 0.25) is 0 Å². The van der Waals surface area contributed by atoms with Gasteiger partial charge < -0.3 is 39.8 Å². The highest BCUT2D eigenvalue weighted by Gasteiger charge is 2.48. The fourth-order valence-electron chi connectivity index (χ4n) is 0.767. The van der Waals surface area contributed by atoms with Gasteiger partial charge in [0, 0.05) is 0 Å². The summed E-state index contributed by atoms with van der Waals surface area (Å²) in [7, 11) is -35.7. The first kappa shape index (κ1) is 27.8. The molecule has 0 rings (SSSR count). The molecule has 27 heteroatoms. The SMILES string of the molecule is O=P(O)(NO)OP(=O)(O)OP(=O)(O)OP(=O)(O)OP(=O)(O)OP(=O)(O)NO. The standard InChI is InChI=1S/H10N2O19P6/c3-1-22(5,6)17-24(9,10)19-26(13,14)21-27(15,16)20-25(11,12)18-23(7,8)2-4/h3-4H,(H,9,10)(H,11,12)(H,13,14)(H,15,16)(H2,1,5,6)(H2,2,7,8). The second-order valence-corrected chi connectivity index (χ2v) is 13.0. The Kier molecular flexibility index (Phi) is 9.55. The fraction of sp³-hybridized carbons (Fsp3) is 0. The Morgan fingerprint density at radius 2 is 0.630 bits per heavy atom. The first-order valence-electron chi connectivity index (χ1n) is 5.02. The lowest BCUT2D eigenvalue weighted by molar-refractivity contribution is 0.168. The van der Waals surface area contributed by atoms with E-state index in [1.807, 2.05) is 0 Å². The van der Waals surface area contributed by atoms with Gasteiger partial charge in [0.1, 0.15) is 0 Å². The highest BCUT2D eigenvalue weighted by atomic mass is 31.3. The van der Waals surface area contributed by atoms with Crippen molar-refractivity contribution in [2.45, 2.75) is 0 Å². The van der Waals surface area contributed by atoms with E-state index in [1.54, 1.807) is 0 Å². The van der Waals surface area contributed by atoms with Crippen LogP contribution in [-0.2, 0) is 48.9 Å². The van der Waals surface area contributed by atoms with Gasteiger partial charge in [-0.25, -0.2) is 27.4 Å². The Hall–Kier alpha value is 0.780. The molecule has 0 fully saturated rings. The van der Waals surface area contributed by atoms with Crippen molar-refractivity contribution in [3.63, 3.8) is 0 Å². The molecule has 0 saturated carbocycles. The van der Waals surface area contributed by atoms with E-state index in [0.29, 0.717) is 10.5 Å². The lowest BCUT2D eigenvalue weighted by atomic mass is 13.5. The molecule has 10 N–H and O–H groups in total. The molecule has 164 valence electrons. The topological polar surface area (TPSA) is 334 Å². The van der Waals surface area contributed by atoms with E-state index in [2.05, 4.69) is 21.6 Å². The molecule has 0 aromatic heterocycles. The van der Waals surface area contributed by atoms with E-state index in [4.69, 9.17) is 39.8 Å². The van der Waals surface area contributed by atoms with Crippen molar-refractivity contribution in [3.8, 4) is 0 Å². The molecule has 0 radical (unpaired) electrons. The first-order valence-corrected chi connectivity index (χ1v) is 14.2. The van der Waals surface area contributed by atoms with Crippen molar-refractivity contribution in [3.05, 3.63) is 0 Å². The van der Waals surface area contributed by atoms with Gasteiger partial charge in [-0.2, -0.15) is 21.6 Å². The maximum atomic E-state index is 11.3. The lowest BCUT2D eigenvalue weighted by Gasteiger charge is -2.20. The van der Waals surface area contributed by atoms with Crippen LogP contribution in [0.15, 0.2) is 0 Å². The summed E-state index contributed by atoms with van der Waals surface area (Å²) in [5.74, 6) is 0. The van der Waals surface area contributed by atoms with Gasteiger partial charge in [-0.15, -0.1) is 10.5 Å². The molecule has 0 aliphatic rings. The number of nitrogens with one attached hydrogen (secondary N) is 2. The smallest absolute Gasteiger partial charge is 0.311 e. The summed E-state index contributed by atoms with van der Waals surface area (Å²) < 4.78 is 82.8. The summed E-state index contributed by atoms with van der Waals surface area (Å²) in [4.78, 5) is 53.0. The average Bonchev–Trinajstić information content (AvgIpc) is 2.30. The zero-order valence-electron chi connectivity index (χ0n) is 11.8. The van der Waals surface area contributed by atoms with E-state index >= 15 is 0 Å². The lowest BCUT2D eigenvalue weighted by Crippen LogP contribution is -2.07. The largest absolute Gasteiger partial charge is 0.490 e. The maximum Gasteiger partial charge on any atom is 0.490 e. The molecule has 21 nitrogen and oxygen atoms in total. The van der Waals surface area contributed by atoms with E-state index in [1.165, 1.54) is 0 Å². The van der Waals surface area contributed by atoms with Crippen LogP contribution in [0, 0.1) is 0 Å². The van der Waals surface area contributed by atoms with Crippen LogP contribution in [0.1, 0.15) is 0 Å². The third kappa shape index (κ3) is 12.2. The summed E-state index contributed by atoms with van der Waals surface area (Å²) in [6.07, 6.45) is 0. The second kappa shape index (κ2) is 9.29. The number of phosphoric acid groups is 4. The van der Waals surface area contributed by atoms with Crippen molar-refractivity contribution in [2.75, 3.05) is 0 Å². The van der Waals surface area contributed by atoms with Gasteiger partial charge in [0.05, 0.1) is 0 Å². The van der Waals surface area contributed by atoms with Crippen LogP contribution in [0.4, 0.5) is 0 Å². The molecule has 6 atom stereocenters. The third-order valence-corrected chi connectivity index (χ3v) is 10.2. The molecule has 0 aliphatic heterocycles. The van der Waals surface area contributed by atoms with Gasteiger partial charge in [0.25, 0.3) is 0 Å². The molecule has 27 heavy (non-hydrogen) atoms. The third-order valence-electron chi connectivity index (χ3n) is 1.30. The maximum absolute atomic E-state index is 11.3. The Morgan fingerprint density at radius 1 is 0.444 bits per heavy atom. The summed E-state index contributed by atoms with van der Waals surface area (Å²) in [6.45, 7) is 0. The summed E-state index contributed by atoms with van der Waals surface area (Å²) in [5.41, 5.74) is 0. The van der Waals surface area contributed by atoms with Crippen molar-refractivity contribution in [1.82, 2.24) is 10.5 Å². The molecule has 0 saturated heterocycles. The zero-order valence-corrected chi connectivity index (χ0v) is 17.1. The van der Waals surface area contributed by atoms with Crippen LogP contribution >= 0.6 is 46.8 Å². The van der Waals surface area contributed by atoms with E-state index in [9.17, 15) is 27.4 Å². The van der Waals surface area contributed by atoms with Gasteiger partial charge in [-0.3, -0.25) is 0 Å². The highest BCUT2D eigenvalue weighted by Crippen LogP contribution is 2.74. The quantitative estimate of drug-likeness (QED) is 0.114. The minimum absolute atomic E-state index is 0.462. The summed E-state index contributed by atoms with van der Waals surface area (Å²) in [5, 5.41) is 17.1. The van der Waals surface area contributed by atoms with Gasteiger partial charge >= 0.3 is 46.8 Å². The minimum atomic E-state index is -6.28. The molecule has 0 aromatic rings. The predicted octanol–water partition coefficient (Wildman–Crippen LogP) is -0.371. The molecule has 0 aliphatic carbocycles. The first-order chi connectivity index (χ1) is 11.7. The highest BCUT2D eigenvalue weighted by molar-refractivity contribution is 7.72. The van der Waals surface area contributed by atoms with Gasteiger partial charge in [-0.05, 0) is 0 Å². The molecule has 6 unspecified atom stereocenters.